The van der Waals surface area contributed by atoms with Gasteiger partial charge >= 0.3 is 0 Å². The van der Waals surface area contributed by atoms with E-state index in [2.05, 4.69) is 12.1 Å². The third-order valence-corrected chi connectivity index (χ3v) is 5.53. The van der Waals surface area contributed by atoms with Gasteiger partial charge in [0.05, 0.1) is 17.5 Å². The average Bonchev–Trinajstić information content (AvgIpc) is 2.87. The molecule has 2 aliphatic rings. The number of rotatable bonds is 2. The summed E-state index contributed by atoms with van der Waals surface area (Å²) in [5, 5.41) is 0.597. The highest BCUT2D eigenvalue weighted by Gasteiger charge is 2.50. The van der Waals surface area contributed by atoms with Crippen molar-refractivity contribution < 1.29 is 9.59 Å². The maximum absolute atomic E-state index is 12.9. The molecule has 1 saturated heterocycles. The van der Waals surface area contributed by atoms with Gasteiger partial charge in [-0.2, -0.15) is 0 Å². The predicted molar refractivity (Wildman–Crippen MR) is 94.0 cm³/mol. The predicted octanol–water partition coefficient (Wildman–Crippen LogP) is 4.41. The third kappa shape index (κ3) is 2.53. The Morgan fingerprint density at radius 2 is 1.50 bits per heavy atom. The molecule has 4 heteroatoms. The molecule has 3 nitrogen and oxygen atoms in total. The van der Waals surface area contributed by atoms with Crippen LogP contribution in [0, 0.1) is 11.8 Å². The Kier molecular flexibility index (Phi) is 3.89. The smallest absolute Gasteiger partial charge is 0.237 e. The molecule has 122 valence electrons. The van der Waals surface area contributed by atoms with Crippen molar-refractivity contribution in [3.05, 3.63) is 65.2 Å². The fourth-order valence-electron chi connectivity index (χ4n) is 4.05. The van der Waals surface area contributed by atoms with Gasteiger partial charge in [0.1, 0.15) is 0 Å². The van der Waals surface area contributed by atoms with Crippen LogP contribution >= 0.6 is 11.6 Å². The summed E-state index contributed by atoms with van der Waals surface area (Å²) in [5.41, 5.74) is 1.89. The lowest BCUT2D eigenvalue weighted by Crippen LogP contribution is -2.30. The van der Waals surface area contributed by atoms with E-state index in [1.807, 2.05) is 18.2 Å². The molecule has 2 amide bonds. The second-order valence-corrected chi connectivity index (χ2v) is 7.06. The van der Waals surface area contributed by atoms with Gasteiger partial charge in [0.15, 0.2) is 0 Å². The van der Waals surface area contributed by atoms with E-state index in [-0.39, 0.29) is 23.7 Å². The lowest BCUT2D eigenvalue weighted by Gasteiger charge is -2.28. The van der Waals surface area contributed by atoms with Gasteiger partial charge in [-0.15, -0.1) is 0 Å². The summed E-state index contributed by atoms with van der Waals surface area (Å²) in [6.07, 6.45) is 2.49. The minimum atomic E-state index is -0.202. The Hall–Kier alpha value is -2.13. The summed E-state index contributed by atoms with van der Waals surface area (Å²) in [5.74, 6) is -0.138. The van der Waals surface area contributed by atoms with E-state index in [4.69, 9.17) is 11.6 Å². The Bertz CT molecular complexity index is 772. The van der Waals surface area contributed by atoms with Crippen LogP contribution in [0.25, 0.3) is 0 Å². The van der Waals surface area contributed by atoms with Crippen LogP contribution in [0.2, 0.25) is 5.02 Å². The molecule has 2 aromatic carbocycles. The molecule has 0 radical (unpaired) electrons. The van der Waals surface area contributed by atoms with Crippen molar-refractivity contribution in [2.24, 2.45) is 11.8 Å². The van der Waals surface area contributed by atoms with Gasteiger partial charge in [0.25, 0.3) is 0 Å². The van der Waals surface area contributed by atoms with E-state index in [1.54, 1.807) is 24.3 Å². The molecule has 1 aliphatic heterocycles. The Morgan fingerprint density at radius 3 is 2.21 bits per heavy atom. The summed E-state index contributed by atoms with van der Waals surface area (Å²) in [6, 6.07) is 17.2. The molecular weight excluding hydrogens is 322 g/mol. The largest absolute Gasteiger partial charge is 0.274 e. The molecule has 0 N–H and O–H groups in total. The maximum atomic E-state index is 12.9. The van der Waals surface area contributed by atoms with E-state index in [0.717, 1.165) is 19.3 Å². The van der Waals surface area contributed by atoms with Crippen LogP contribution in [0.3, 0.4) is 0 Å². The van der Waals surface area contributed by atoms with Gasteiger partial charge in [-0.05, 0) is 55.0 Å². The Morgan fingerprint density at radius 1 is 0.833 bits per heavy atom. The second kappa shape index (κ2) is 6.06. The van der Waals surface area contributed by atoms with Crippen LogP contribution in [0.15, 0.2) is 54.6 Å². The minimum absolute atomic E-state index is 0.0566. The average molecular weight is 340 g/mol. The summed E-state index contributed by atoms with van der Waals surface area (Å²) in [6.45, 7) is 0. The number of benzene rings is 2. The molecule has 0 spiro atoms. The number of amides is 2. The fourth-order valence-corrected chi connectivity index (χ4v) is 4.18. The zero-order valence-electron chi connectivity index (χ0n) is 13.2. The molecule has 2 fully saturated rings. The summed E-state index contributed by atoms with van der Waals surface area (Å²) >= 11 is 5.91. The molecule has 4 rings (SSSR count). The van der Waals surface area contributed by atoms with Crippen molar-refractivity contribution in [3.63, 3.8) is 0 Å². The van der Waals surface area contributed by atoms with Crippen LogP contribution in [0.5, 0.6) is 0 Å². The number of carbonyl (C=O) groups excluding carboxylic acids is 2. The van der Waals surface area contributed by atoms with Gasteiger partial charge in [0.2, 0.25) is 11.8 Å². The number of fused-ring (bicyclic) bond motifs is 1. The first-order valence-corrected chi connectivity index (χ1v) is 8.71. The van der Waals surface area contributed by atoms with Gasteiger partial charge in [0, 0.05) is 5.02 Å². The molecule has 24 heavy (non-hydrogen) atoms. The number of hydrogen-bond donors (Lipinski definition) is 0. The number of hydrogen-bond acceptors (Lipinski definition) is 2. The third-order valence-electron chi connectivity index (χ3n) is 5.28. The van der Waals surface area contributed by atoms with E-state index >= 15 is 0 Å². The lowest BCUT2D eigenvalue weighted by molar-refractivity contribution is -0.122. The highest BCUT2D eigenvalue weighted by atomic mass is 35.5. The van der Waals surface area contributed by atoms with Crippen LogP contribution in [-0.4, -0.2) is 11.8 Å². The lowest BCUT2D eigenvalue weighted by atomic mass is 9.73. The molecule has 0 aromatic heterocycles. The number of nitrogens with zero attached hydrogens (tertiary/aromatic N) is 1. The molecule has 1 aliphatic carbocycles. The van der Waals surface area contributed by atoms with Crippen molar-refractivity contribution in [3.8, 4) is 0 Å². The van der Waals surface area contributed by atoms with Crippen LogP contribution < -0.4 is 4.90 Å². The summed E-state index contributed by atoms with van der Waals surface area (Å²) < 4.78 is 0. The maximum Gasteiger partial charge on any atom is 0.237 e. The molecule has 1 saturated carbocycles. The first-order chi connectivity index (χ1) is 11.6. The van der Waals surface area contributed by atoms with Crippen molar-refractivity contribution in [2.45, 2.75) is 25.2 Å². The monoisotopic (exact) mass is 339 g/mol. The quantitative estimate of drug-likeness (QED) is 0.760. The number of imide groups is 1. The summed E-state index contributed by atoms with van der Waals surface area (Å²) in [4.78, 5) is 27.0. The highest BCUT2D eigenvalue weighted by Crippen LogP contribution is 2.45. The SMILES string of the molecule is O=C1[C@H]2C[C@@H](c3ccccc3)CC[C@H]2C(=O)N1c1ccc(Cl)cc1. The van der Waals surface area contributed by atoms with Crippen LogP contribution in [0.4, 0.5) is 5.69 Å². The van der Waals surface area contributed by atoms with Crippen molar-refractivity contribution in [1.29, 1.82) is 0 Å². The molecule has 0 bridgehead atoms. The van der Waals surface area contributed by atoms with E-state index < -0.39 is 0 Å². The topological polar surface area (TPSA) is 37.4 Å². The Labute approximate surface area is 146 Å². The van der Waals surface area contributed by atoms with Gasteiger partial charge in [-0.25, -0.2) is 0 Å². The fraction of sp³-hybridized carbons (Fsp3) is 0.300. The van der Waals surface area contributed by atoms with Crippen LogP contribution in [0.1, 0.15) is 30.7 Å². The van der Waals surface area contributed by atoms with E-state index in [9.17, 15) is 9.59 Å². The van der Waals surface area contributed by atoms with Gasteiger partial charge < -0.3 is 0 Å². The zero-order chi connectivity index (χ0) is 16.7. The van der Waals surface area contributed by atoms with Crippen molar-refractivity contribution in [1.82, 2.24) is 0 Å². The highest BCUT2D eigenvalue weighted by molar-refractivity contribution is 6.30. The van der Waals surface area contributed by atoms with E-state index in [1.165, 1.54) is 10.5 Å². The molecular formula is C20H18ClNO2. The molecule has 3 atom stereocenters. The number of carbonyl (C=O) groups is 2. The first-order valence-electron chi connectivity index (χ1n) is 8.33. The Balaban J connectivity index is 1.60. The second-order valence-electron chi connectivity index (χ2n) is 6.62. The van der Waals surface area contributed by atoms with Crippen LogP contribution in [-0.2, 0) is 9.59 Å². The zero-order valence-corrected chi connectivity index (χ0v) is 13.9. The molecule has 2 aromatic rings. The molecule has 1 heterocycles. The first kappa shape index (κ1) is 15.4. The summed E-state index contributed by atoms with van der Waals surface area (Å²) in [7, 11) is 0. The number of halogens is 1. The molecule has 0 unspecified atom stereocenters. The number of anilines is 1. The van der Waals surface area contributed by atoms with Gasteiger partial charge in [-0.3, -0.25) is 14.5 Å². The van der Waals surface area contributed by atoms with Gasteiger partial charge in [-0.1, -0.05) is 41.9 Å². The van der Waals surface area contributed by atoms with Crippen molar-refractivity contribution >= 4 is 29.1 Å². The normalized spacial score (nSPS) is 26.5. The van der Waals surface area contributed by atoms with E-state index in [0.29, 0.717) is 16.6 Å². The standard InChI is InChI=1S/C20H18ClNO2/c21-15-7-9-16(10-8-15)22-19(23)17-11-6-14(12-18(17)20(22)24)13-4-2-1-3-5-13/h1-5,7-10,14,17-18H,6,11-12H2/t14-,17+,18-/m0/s1. The minimum Gasteiger partial charge on any atom is -0.274 e. The van der Waals surface area contributed by atoms with Crippen molar-refractivity contribution in [2.75, 3.05) is 4.90 Å².